The lowest BCUT2D eigenvalue weighted by Crippen LogP contribution is -2.15. The van der Waals surface area contributed by atoms with E-state index in [1.54, 1.807) is 0 Å². The zero-order valence-electron chi connectivity index (χ0n) is 7.11. The topological polar surface area (TPSA) is 29.5 Å². The first-order valence-electron chi connectivity index (χ1n) is 4.32. The van der Waals surface area contributed by atoms with Crippen molar-refractivity contribution in [1.82, 2.24) is 0 Å². The van der Waals surface area contributed by atoms with Gasteiger partial charge < -0.3 is 9.84 Å². The highest BCUT2D eigenvalue weighted by Crippen LogP contribution is 2.28. The number of halogens is 1. The van der Waals surface area contributed by atoms with Crippen LogP contribution in [0.5, 0.6) is 5.75 Å². The molecule has 2 rings (SSSR count). The summed E-state index contributed by atoms with van der Waals surface area (Å²) in [6.45, 7) is 0. The molecule has 0 aromatic heterocycles. The molecule has 2 nitrogen and oxygen atoms in total. The Kier molecular flexibility index (Phi) is 2.56. The van der Waals surface area contributed by atoms with Gasteiger partial charge in [0.05, 0.1) is 6.10 Å². The van der Waals surface area contributed by atoms with Crippen LogP contribution < -0.4 is 4.74 Å². The van der Waals surface area contributed by atoms with E-state index in [4.69, 9.17) is 4.74 Å². The van der Waals surface area contributed by atoms with Gasteiger partial charge in [-0.3, -0.25) is 0 Å². The molecule has 2 atom stereocenters. The highest BCUT2D eigenvalue weighted by Gasteiger charge is 2.20. The Morgan fingerprint density at radius 3 is 3.00 bits per heavy atom. The number of aliphatic hydroxyl groups excluding tert-OH is 1. The highest BCUT2D eigenvalue weighted by molar-refractivity contribution is 9.09. The fourth-order valence-corrected chi connectivity index (χ4v) is 2.16. The summed E-state index contributed by atoms with van der Waals surface area (Å²) in [6, 6.07) is 7.82. The van der Waals surface area contributed by atoms with Crippen molar-refractivity contribution in [3.8, 4) is 5.75 Å². The lowest BCUT2D eigenvalue weighted by atomic mass is 10.1. The van der Waals surface area contributed by atoms with Gasteiger partial charge in [-0.25, -0.2) is 0 Å². The molecule has 1 heterocycles. The molecule has 0 saturated heterocycles. The Hall–Kier alpha value is -0.540. The number of fused-ring (bicyclic) bond motifs is 1. The fraction of sp³-hybridized carbons (Fsp3) is 0.400. The van der Waals surface area contributed by atoms with E-state index in [1.165, 1.54) is 0 Å². The average Bonchev–Trinajstić information content (AvgIpc) is 2.20. The largest absolute Gasteiger partial charge is 0.479 e. The van der Waals surface area contributed by atoms with Crippen molar-refractivity contribution >= 4 is 15.9 Å². The molecule has 1 N–H and O–H groups in total. The minimum Gasteiger partial charge on any atom is -0.479 e. The molecular weight excluding hydrogens is 232 g/mol. The molecule has 70 valence electrons. The Balaban J connectivity index is 2.32. The lowest BCUT2D eigenvalue weighted by molar-refractivity contribution is 0.143. The van der Waals surface area contributed by atoms with Gasteiger partial charge in [-0.15, -0.1) is 0 Å². The van der Waals surface area contributed by atoms with E-state index in [-0.39, 0.29) is 11.1 Å². The van der Waals surface area contributed by atoms with E-state index in [9.17, 15) is 5.11 Å². The summed E-state index contributed by atoms with van der Waals surface area (Å²) in [5.74, 6) is 0.876. The van der Waals surface area contributed by atoms with Gasteiger partial charge in [-0.2, -0.15) is 0 Å². The third-order valence-corrected chi connectivity index (χ3v) is 2.70. The molecule has 0 aliphatic carbocycles. The SMILES string of the molecule is OC1Cc2ccccc2OC(Br)C1. The van der Waals surface area contributed by atoms with Gasteiger partial charge in [0.15, 0.2) is 5.01 Å². The first-order valence-corrected chi connectivity index (χ1v) is 5.24. The first-order chi connectivity index (χ1) is 6.25. The molecule has 1 aromatic rings. The Bertz CT molecular complexity index is 272. The summed E-state index contributed by atoms with van der Waals surface area (Å²) >= 11 is 3.37. The lowest BCUT2D eigenvalue weighted by Gasteiger charge is -2.10. The number of ether oxygens (including phenoxy) is 1. The van der Waals surface area contributed by atoms with Crippen LogP contribution in [0.4, 0.5) is 0 Å². The van der Waals surface area contributed by atoms with E-state index >= 15 is 0 Å². The molecule has 0 fully saturated rings. The van der Waals surface area contributed by atoms with Crippen LogP contribution in [0, 0.1) is 0 Å². The van der Waals surface area contributed by atoms with E-state index in [2.05, 4.69) is 15.9 Å². The highest BCUT2D eigenvalue weighted by atomic mass is 79.9. The van der Waals surface area contributed by atoms with Crippen molar-refractivity contribution in [3.05, 3.63) is 29.8 Å². The van der Waals surface area contributed by atoms with E-state index in [1.807, 2.05) is 24.3 Å². The Morgan fingerprint density at radius 2 is 2.15 bits per heavy atom. The standard InChI is InChI=1S/C10H11BrO2/c11-10-6-8(12)5-7-3-1-2-4-9(7)13-10/h1-4,8,10,12H,5-6H2. The van der Waals surface area contributed by atoms with Gasteiger partial charge in [0, 0.05) is 12.8 Å². The Morgan fingerprint density at radius 1 is 1.38 bits per heavy atom. The number of para-hydroxylation sites is 1. The van der Waals surface area contributed by atoms with Crippen molar-refractivity contribution in [2.24, 2.45) is 0 Å². The number of benzene rings is 1. The van der Waals surface area contributed by atoms with Crippen LogP contribution in [0.1, 0.15) is 12.0 Å². The number of aliphatic hydroxyl groups is 1. The van der Waals surface area contributed by atoms with Crippen LogP contribution >= 0.6 is 15.9 Å². The number of alkyl halides is 1. The van der Waals surface area contributed by atoms with E-state index in [0.29, 0.717) is 12.8 Å². The van der Waals surface area contributed by atoms with Gasteiger partial charge in [-0.05, 0) is 27.6 Å². The summed E-state index contributed by atoms with van der Waals surface area (Å²) < 4.78 is 5.58. The quantitative estimate of drug-likeness (QED) is 0.707. The monoisotopic (exact) mass is 242 g/mol. The maximum absolute atomic E-state index is 9.60. The number of rotatable bonds is 0. The zero-order valence-corrected chi connectivity index (χ0v) is 8.70. The minimum atomic E-state index is -0.312. The van der Waals surface area contributed by atoms with Gasteiger partial charge in [0.1, 0.15) is 5.75 Å². The number of hydrogen-bond acceptors (Lipinski definition) is 2. The molecule has 0 amide bonds. The predicted molar refractivity (Wildman–Crippen MR) is 54.1 cm³/mol. The van der Waals surface area contributed by atoms with Crippen molar-refractivity contribution in [2.45, 2.75) is 24.0 Å². The predicted octanol–water partition coefficient (Wildman–Crippen LogP) is 2.09. The molecule has 1 aromatic carbocycles. The van der Waals surface area contributed by atoms with Crippen molar-refractivity contribution in [1.29, 1.82) is 0 Å². The van der Waals surface area contributed by atoms with Crippen molar-refractivity contribution < 1.29 is 9.84 Å². The van der Waals surface area contributed by atoms with Crippen LogP contribution in [-0.4, -0.2) is 16.2 Å². The first kappa shape index (κ1) is 9.03. The summed E-state index contributed by atoms with van der Waals surface area (Å²) in [5, 5.41) is 9.52. The summed E-state index contributed by atoms with van der Waals surface area (Å²) in [7, 11) is 0. The molecule has 1 aliphatic heterocycles. The van der Waals surface area contributed by atoms with Gasteiger partial charge in [-0.1, -0.05) is 18.2 Å². The van der Waals surface area contributed by atoms with Crippen molar-refractivity contribution in [3.63, 3.8) is 0 Å². The van der Waals surface area contributed by atoms with Crippen LogP contribution in [0.2, 0.25) is 0 Å². The van der Waals surface area contributed by atoms with E-state index < -0.39 is 0 Å². The molecule has 13 heavy (non-hydrogen) atoms. The third kappa shape index (κ3) is 2.03. The molecule has 0 saturated carbocycles. The molecule has 3 heteroatoms. The fourth-order valence-electron chi connectivity index (χ4n) is 1.52. The van der Waals surface area contributed by atoms with Crippen LogP contribution in [0.3, 0.4) is 0 Å². The maximum atomic E-state index is 9.60. The minimum absolute atomic E-state index is 0.0776. The second-order valence-corrected chi connectivity index (χ2v) is 4.25. The average molecular weight is 243 g/mol. The second-order valence-electron chi connectivity index (χ2n) is 3.23. The van der Waals surface area contributed by atoms with Gasteiger partial charge >= 0.3 is 0 Å². The van der Waals surface area contributed by atoms with Gasteiger partial charge in [0.2, 0.25) is 0 Å². The smallest absolute Gasteiger partial charge is 0.155 e. The second kappa shape index (κ2) is 3.68. The van der Waals surface area contributed by atoms with Crippen molar-refractivity contribution in [2.75, 3.05) is 0 Å². The zero-order chi connectivity index (χ0) is 9.26. The third-order valence-electron chi connectivity index (χ3n) is 2.14. The molecule has 2 unspecified atom stereocenters. The van der Waals surface area contributed by atoms with Gasteiger partial charge in [0.25, 0.3) is 0 Å². The number of hydrogen-bond donors (Lipinski definition) is 1. The normalized spacial score (nSPS) is 27.2. The van der Waals surface area contributed by atoms with Crippen LogP contribution in [0.15, 0.2) is 24.3 Å². The molecular formula is C10H11BrO2. The molecule has 0 bridgehead atoms. The summed E-state index contributed by atoms with van der Waals surface area (Å²) in [6.07, 6.45) is 1.00. The molecule has 0 spiro atoms. The maximum Gasteiger partial charge on any atom is 0.155 e. The molecule has 0 radical (unpaired) electrons. The van der Waals surface area contributed by atoms with Crippen LogP contribution in [-0.2, 0) is 6.42 Å². The van der Waals surface area contributed by atoms with Crippen LogP contribution in [0.25, 0.3) is 0 Å². The van der Waals surface area contributed by atoms with E-state index in [0.717, 1.165) is 11.3 Å². The Labute approximate surface area is 85.7 Å². The summed E-state index contributed by atoms with van der Waals surface area (Å²) in [4.78, 5) is 0. The summed E-state index contributed by atoms with van der Waals surface area (Å²) in [5.41, 5.74) is 1.08. The molecule has 1 aliphatic rings.